The van der Waals surface area contributed by atoms with E-state index in [1.54, 1.807) is 0 Å². The van der Waals surface area contributed by atoms with E-state index in [-0.39, 0.29) is 5.54 Å². The minimum atomic E-state index is -0.0920. The van der Waals surface area contributed by atoms with Crippen LogP contribution in [0.4, 0.5) is 5.69 Å². The van der Waals surface area contributed by atoms with Gasteiger partial charge in [0, 0.05) is 17.1 Å². The van der Waals surface area contributed by atoms with Crippen LogP contribution in [0.25, 0.3) is 0 Å². The lowest BCUT2D eigenvalue weighted by atomic mass is 9.81. The number of fused-ring (bicyclic) bond motifs is 1. The first-order valence-electron chi connectivity index (χ1n) is 10.2. The van der Waals surface area contributed by atoms with Crippen molar-refractivity contribution in [2.24, 2.45) is 0 Å². The van der Waals surface area contributed by atoms with Gasteiger partial charge in [0.2, 0.25) is 0 Å². The Hall–Kier alpha value is -2.80. The van der Waals surface area contributed by atoms with Crippen molar-refractivity contribution in [1.82, 2.24) is 0 Å². The van der Waals surface area contributed by atoms with E-state index in [0.717, 1.165) is 6.42 Å². The molecule has 0 spiro atoms. The molecule has 0 aliphatic heterocycles. The number of nitrogens with one attached hydrogen (secondary N) is 1. The molecular formula is C27H29N. The van der Waals surface area contributed by atoms with Crippen molar-refractivity contribution in [3.05, 3.63) is 113 Å². The quantitative estimate of drug-likeness (QED) is 0.482. The summed E-state index contributed by atoms with van der Waals surface area (Å²) in [6.45, 7) is 6.52. The fourth-order valence-corrected chi connectivity index (χ4v) is 4.68. The zero-order valence-corrected chi connectivity index (χ0v) is 17.0. The lowest BCUT2D eigenvalue weighted by Crippen LogP contribution is -2.29. The molecule has 0 radical (unpaired) electrons. The first-order valence-corrected chi connectivity index (χ1v) is 10.2. The molecule has 0 fully saturated rings. The fourth-order valence-electron chi connectivity index (χ4n) is 4.68. The van der Waals surface area contributed by atoms with Gasteiger partial charge in [-0.05, 0) is 61.4 Å². The zero-order chi connectivity index (χ0) is 19.6. The summed E-state index contributed by atoms with van der Waals surface area (Å²) in [7, 11) is 0. The second kappa shape index (κ2) is 7.67. The van der Waals surface area contributed by atoms with Crippen molar-refractivity contribution in [3.8, 4) is 0 Å². The van der Waals surface area contributed by atoms with Gasteiger partial charge < -0.3 is 5.32 Å². The average Bonchev–Trinajstić information content (AvgIpc) is 3.08. The first-order chi connectivity index (χ1) is 13.6. The van der Waals surface area contributed by atoms with E-state index in [1.807, 2.05) is 0 Å². The number of hydrogen-bond acceptors (Lipinski definition) is 1. The summed E-state index contributed by atoms with van der Waals surface area (Å²) in [6, 6.07) is 28.8. The molecule has 1 heteroatoms. The van der Waals surface area contributed by atoms with Gasteiger partial charge in [-0.15, -0.1) is 0 Å². The molecule has 1 aliphatic carbocycles. The third-order valence-electron chi connectivity index (χ3n) is 5.80. The Kier molecular flexibility index (Phi) is 5.09. The summed E-state index contributed by atoms with van der Waals surface area (Å²) in [5, 5.41) is 3.78. The number of rotatable bonds is 5. The standard InChI is InChI=1S/C27H29N/c1-4-18-27(2,3)28-25-17-11-10-16-23(25)26-22-15-9-8-14-21(22)19-24(26)20-12-6-5-7-13-20/h4-18,24,26,28H,19H2,1-3H3. The van der Waals surface area contributed by atoms with Gasteiger partial charge in [-0.3, -0.25) is 0 Å². The van der Waals surface area contributed by atoms with E-state index in [1.165, 1.54) is 27.9 Å². The molecule has 28 heavy (non-hydrogen) atoms. The van der Waals surface area contributed by atoms with Crippen LogP contribution in [0.2, 0.25) is 0 Å². The second-order valence-electron chi connectivity index (χ2n) is 8.33. The van der Waals surface area contributed by atoms with E-state index < -0.39 is 0 Å². The predicted octanol–water partition coefficient (Wildman–Crippen LogP) is 6.93. The zero-order valence-electron chi connectivity index (χ0n) is 17.0. The molecule has 1 aliphatic rings. The molecule has 142 valence electrons. The van der Waals surface area contributed by atoms with E-state index in [2.05, 4.69) is 117 Å². The lowest BCUT2D eigenvalue weighted by Gasteiger charge is -2.29. The van der Waals surface area contributed by atoms with Crippen molar-refractivity contribution in [1.29, 1.82) is 0 Å². The second-order valence-corrected chi connectivity index (χ2v) is 8.33. The van der Waals surface area contributed by atoms with Crippen molar-refractivity contribution in [2.45, 2.75) is 44.6 Å². The number of allylic oxidation sites excluding steroid dienone is 1. The van der Waals surface area contributed by atoms with Gasteiger partial charge >= 0.3 is 0 Å². The highest BCUT2D eigenvalue weighted by atomic mass is 15.0. The van der Waals surface area contributed by atoms with E-state index in [4.69, 9.17) is 0 Å². The van der Waals surface area contributed by atoms with Gasteiger partial charge in [-0.2, -0.15) is 0 Å². The Morgan fingerprint density at radius 1 is 0.821 bits per heavy atom. The number of para-hydroxylation sites is 1. The number of benzene rings is 3. The Labute approximate surface area is 169 Å². The Morgan fingerprint density at radius 2 is 1.46 bits per heavy atom. The largest absolute Gasteiger partial charge is 0.376 e. The molecule has 3 aromatic rings. The normalized spacial score (nSPS) is 19.0. The van der Waals surface area contributed by atoms with Crippen LogP contribution in [0.15, 0.2) is 91.0 Å². The van der Waals surface area contributed by atoms with Gasteiger partial charge in [-0.1, -0.05) is 84.9 Å². The molecule has 3 aromatic carbocycles. The maximum absolute atomic E-state index is 3.78. The van der Waals surface area contributed by atoms with Crippen LogP contribution in [-0.4, -0.2) is 5.54 Å². The van der Waals surface area contributed by atoms with E-state index >= 15 is 0 Å². The maximum Gasteiger partial charge on any atom is 0.0499 e. The van der Waals surface area contributed by atoms with Crippen molar-refractivity contribution in [3.63, 3.8) is 0 Å². The molecule has 2 unspecified atom stereocenters. The van der Waals surface area contributed by atoms with Gasteiger partial charge in [0.25, 0.3) is 0 Å². The number of hydrogen-bond donors (Lipinski definition) is 1. The van der Waals surface area contributed by atoms with Crippen LogP contribution in [0.3, 0.4) is 0 Å². The van der Waals surface area contributed by atoms with Crippen LogP contribution in [0, 0.1) is 0 Å². The Bertz CT molecular complexity index is 968. The third-order valence-corrected chi connectivity index (χ3v) is 5.80. The van der Waals surface area contributed by atoms with Crippen LogP contribution >= 0.6 is 0 Å². The van der Waals surface area contributed by atoms with Gasteiger partial charge in [0.05, 0.1) is 0 Å². The highest BCUT2D eigenvalue weighted by Gasteiger charge is 2.35. The van der Waals surface area contributed by atoms with Crippen LogP contribution < -0.4 is 5.32 Å². The molecule has 0 bridgehead atoms. The van der Waals surface area contributed by atoms with Crippen LogP contribution in [-0.2, 0) is 6.42 Å². The third kappa shape index (κ3) is 3.62. The molecular weight excluding hydrogens is 338 g/mol. The number of anilines is 1. The molecule has 4 rings (SSSR count). The van der Waals surface area contributed by atoms with Gasteiger partial charge in [0.15, 0.2) is 0 Å². The topological polar surface area (TPSA) is 12.0 Å². The summed E-state index contributed by atoms with van der Waals surface area (Å²) in [5.74, 6) is 0.829. The van der Waals surface area contributed by atoms with Crippen LogP contribution in [0.1, 0.15) is 54.9 Å². The molecule has 0 amide bonds. The maximum atomic E-state index is 3.78. The SMILES string of the molecule is CC=CC(C)(C)Nc1ccccc1C1c2ccccc2CC1c1ccccc1. The highest BCUT2D eigenvalue weighted by molar-refractivity contribution is 5.61. The smallest absolute Gasteiger partial charge is 0.0499 e. The molecule has 2 atom stereocenters. The molecule has 1 N–H and O–H groups in total. The summed E-state index contributed by atoms with van der Waals surface area (Å²) < 4.78 is 0. The Balaban J connectivity index is 1.82. The average molecular weight is 368 g/mol. The van der Waals surface area contributed by atoms with Crippen molar-refractivity contribution < 1.29 is 0 Å². The molecule has 0 saturated heterocycles. The minimum Gasteiger partial charge on any atom is -0.376 e. The fraction of sp³-hybridized carbons (Fsp3) is 0.259. The summed E-state index contributed by atoms with van der Waals surface area (Å²) in [5.41, 5.74) is 6.89. The molecule has 1 nitrogen and oxygen atoms in total. The molecule has 0 heterocycles. The van der Waals surface area contributed by atoms with Gasteiger partial charge in [-0.25, -0.2) is 0 Å². The molecule has 0 saturated carbocycles. The minimum absolute atomic E-state index is 0.0920. The summed E-state index contributed by atoms with van der Waals surface area (Å²) >= 11 is 0. The predicted molar refractivity (Wildman–Crippen MR) is 120 cm³/mol. The Morgan fingerprint density at radius 3 is 2.21 bits per heavy atom. The van der Waals surface area contributed by atoms with Gasteiger partial charge in [0.1, 0.15) is 0 Å². The molecule has 0 aromatic heterocycles. The first kappa shape index (κ1) is 18.6. The van der Waals surface area contributed by atoms with E-state index in [0.29, 0.717) is 11.8 Å². The summed E-state index contributed by atoms with van der Waals surface area (Å²) in [4.78, 5) is 0. The van der Waals surface area contributed by atoms with Crippen molar-refractivity contribution >= 4 is 5.69 Å². The van der Waals surface area contributed by atoms with Crippen LogP contribution in [0.5, 0.6) is 0 Å². The summed E-state index contributed by atoms with van der Waals surface area (Å²) in [6.07, 6.45) is 5.44. The van der Waals surface area contributed by atoms with Crippen molar-refractivity contribution in [2.75, 3.05) is 5.32 Å². The highest BCUT2D eigenvalue weighted by Crippen LogP contribution is 2.49. The van der Waals surface area contributed by atoms with E-state index in [9.17, 15) is 0 Å². The monoisotopic (exact) mass is 367 g/mol. The lowest BCUT2D eigenvalue weighted by molar-refractivity contribution is 0.651.